The number of rotatable bonds is 4. The average Bonchev–Trinajstić information content (AvgIpc) is 3.14. The summed E-state index contributed by atoms with van der Waals surface area (Å²) in [6.45, 7) is 0.884. The highest BCUT2D eigenvalue weighted by molar-refractivity contribution is 7.13. The minimum atomic E-state index is -0.522. The van der Waals surface area contributed by atoms with Gasteiger partial charge in [-0.2, -0.15) is 0 Å². The van der Waals surface area contributed by atoms with Gasteiger partial charge in [0.1, 0.15) is 0 Å². The van der Waals surface area contributed by atoms with Gasteiger partial charge >= 0.3 is 0 Å². The summed E-state index contributed by atoms with van der Waals surface area (Å²) in [4.78, 5) is 40.7. The van der Waals surface area contributed by atoms with Crippen LogP contribution in [0.2, 0.25) is 0 Å². The largest absolute Gasteiger partial charge is 0.339 e. The van der Waals surface area contributed by atoms with Crippen LogP contribution in [0.15, 0.2) is 35.8 Å². The zero-order chi connectivity index (χ0) is 17.8. The van der Waals surface area contributed by atoms with Crippen molar-refractivity contribution in [2.75, 3.05) is 18.4 Å². The minimum absolute atomic E-state index is 0.0857. The molecular weight excluding hydrogens is 344 g/mol. The molecule has 0 spiro atoms. The van der Waals surface area contributed by atoms with Crippen LogP contribution in [0.4, 0.5) is 10.8 Å². The molecule has 1 aromatic carbocycles. The summed E-state index contributed by atoms with van der Waals surface area (Å²) in [5.41, 5.74) is 0.184. The highest BCUT2D eigenvalue weighted by Gasteiger charge is 2.28. The Morgan fingerprint density at radius 3 is 2.72 bits per heavy atom. The molecule has 0 atom stereocenters. The number of aromatic nitrogens is 1. The Morgan fingerprint density at radius 2 is 2.08 bits per heavy atom. The lowest BCUT2D eigenvalue weighted by molar-refractivity contribution is -0.384. The number of piperidine rings is 1. The number of anilines is 1. The third-order valence-electron chi connectivity index (χ3n) is 4.12. The molecular formula is C16H16N4O4S. The Bertz CT molecular complexity index is 785. The van der Waals surface area contributed by atoms with Crippen LogP contribution in [0.25, 0.3) is 0 Å². The zero-order valence-electron chi connectivity index (χ0n) is 13.3. The molecule has 1 aromatic heterocycles. The van der Waals surface area contributed by atoms with Gasteiger partial charge in [0.2, 0.25) is 5.91 Å². The minimum Gasteiger partial charge on any atom is -0.339 e. The third kappa shape index (κ3) is 4.00. The molecule has 2 aromatic rings. The van der Waals surface area contributed by atoms with Crippen molar-refractivity contribution in [3.63, 3.8) is 0 Å². The van der Waals surface area contributed by atoms with Crippen LogP contribution < -0.4 is 5.32 Å². The van der Waals surface area contributed by atoms with Crippen molar-refractivity contribution < 1.29 is 14.5 Å². The van der Waals surface area contributed by atoms with Crippen LogP contribution in [-0.4, -0.2) is 39.7 Å². The second-order valence-electron chi connectivity index (χ2n) is 5.70. The molecule has 130 valence electrons. The fourth-order valence-corrected chi connectivity index (χ4v) is 3.30. The molecule has 0 bridgehead atoms. The lowest BCUT2D eigenvalue weighted by Crippen LogP contribution is -2.41. The molecule has 2 amide bonds. The Labute approximate surface area is 147 Å². The van der Waals surface area contributed by atoms with E-state index in [1.54, 1.807) is 22.5 Å². The van der Waals surface area contributed by atoms with E-state index in [1.807, 2.05) is 0 Å². The summed E-state index contributed by atoms with van der Waals surface area (Å²) < 4.78 is 0. The van der Waals surface area contributed by atoms with E-state index in [9.17, 15) is 19.7 Å². The SMILES string of the molecule is O=C(Nc1nccs1)C1CCN(C(=O)c2cccc([N+](=O)[O-])c2)CC1. The topological polar surface area (TPSA) is 105 Å². The number of amides is 2. The Hall–Kier alpha value is -2.81. The van der Waals surface area contributed by atoms with Crippen molar-refractivity contribution in [3.05, 3.63) is 51.5 Å². The maximum absolute atomic E-state index is 12.5. The van der Waals surface area contributed by atoms with E-state index in [1.165, 1.54) is 29.5 Å². The molecule has 25 heavy (non-hydrogen) atoms. The van der Waals surface area contributed by atoms with E-state index in [2.05, 4.69) is 10.3 Å². The van der Waals surface area contributed by atoms with E-state index in [-0.39, 0.29) is 23.4 Å². The highest BCUT2D eigenvalue weighted by Crippen LogP contribution is 2.22. The predicted molar refractivity (Wildman–Crippen MR) is 92.5 cm³/mol. The normalized spacial score (nSPS) is 15.0. The summed E-state index contributed by atoms with van der Waals surface area (Å²) in [6.07, 6.45) is 2.73. The first kappa shape index (κ1) is 17.0. The molecule has 9 heteroatoms. The molecule has 0 saturated carbocycles. The van der Waals surface area contributed by atoms with Crippen molar-refractivity contribution >= 4 is 34.0 Å². The number of benzene rings is 1. The maximum Gasteiger partial charge on any atom is 0.270 e. The van der Waals surface area contributed by atoms with Gasteiger partial charge in [0.05, 0.1) is 4.92 Å². The average molecular weight is 360 g/mol. The summed E-state index contributed by atoms with van der Waals surface area (Å²) in [5, 5.41) is 16.0. The fourth-order valence-electron chi connectivity index (χ4n) is 2.77. The van der Waals surface area contributed by atoms with Gasteiger partial charge in [0.15, 0.2) is 5.13 Å². The van der Waals surface area contributed by atoms with Crippen LogP contribution in [0.1, 0.15) is 23.2 Å². The molecule has 1 N–H and O–H groups in total. The van der Waals surface area contributed by atoms with Gasteiger partial charge in [-0.05, 0) is 18.9 Å². The number of nitrogens with one attached hydrogen (secondary N) is 1. The van der Waals surface area contributed by atoms with E-state index < -0.39 is 4.92 Å². The molecule has 0 radical (unpaired) electrons. The zero-order valence-corrected chi connectivity index (χ0v) is 14.1. The molecule has 1 aliphatic heterocycles. The first-order valence-electron chi connectivity index (χ1n) is 7.78. The quantitative estimate of drug-likeness (QED) is 0.666. The number of hydrogen-bond donors (Lipinski definition) is 1. The van der Waals surface area contributed by atoms with E-state index in [0.717, 1.165) is 0 Å². The highest BCUT2D eigenvalue weighted by atomic mass is 32.1. The Balaban J connectivity index is 1.58. The molecule has 1 saturated heterocycles. The first-order valence-corrected chi connectivity index (χ1v) is 8.66. The smallest absolute Gasteiger partial charge is 0.270 e. The Kier molecular flexibility index (Phi) is 5.03. The van der Waals surface area contributed by atoms with Gasteiger partial charge in [-0.3, -0.25) is 19.7 Å². The number of likely N-dealkylation sites (tertiary alicyclic amines) is 1. The standard InChI is InChI=1S/C16H16N4O4S/c21-14(18-16-17-6-9-25-16)11-4-7-19(8-5-11)15(22)12-2-1-3-13(10-12)20(23)24/h1-3,6,9-11H,4-5,7-8H2,(H,17,18,21). The summed E-state index contributed by atoms with van der Waals surface area (Å²) in [7, 11) is 0. The fraction of sp³-hybridized carbons (Fsp3) is 0.312. The second kappa shape index (κ2) is 7.39. The Morgan fingerprint density at radius 1 is 1.32 bits per heavy atom. The number of non-ortho nitro benzene ring substituents is 1. The van der Waals surface area contributed by atoms with Crippen molar-refractivity contribution in [1.82, 2.24) is 9.88 Å². The number of carbonyl (C=O) groups excluding carboxylic acids is 2. The van der Waals surface area contributed by atoms with Gasteiger partial charge in [-0.1, -0.05) is 6.07 Å². The van der Waals surface area contributed by atoms with Crippen molar-refractivity contribution in [2.45, 2.75) is 12.8 Å². The van der Waals surface area contributed by atoms with Gasteiger partial charge < -0.3 is 10.2 Å². The summed E-state index contributed by atoms with van der Waals surface area (Å²) in [6, 6.07) is 5.70. The molecule has 1 fully saturated rings. The molecule has 2 heterocycles. The second-order valence-corrected chi connectivity index (χ2v) is 6.59. The lowest BCUT2D eigenvalue weighted by atomic mass is 9.95. The third-order valence-corrected chi connectivity index (χ3v) is 4.81. The maximum atomic E-state index is 12.5. The van der Waals surface area contributed by atoms with Gasteiger partial charge in [-0.15, -0.1) is 11.3 Å². The molecule has 1 aliphatic rings. The van der Waals surface area contributed by atoms with Crippen molar-refractivity contribution in [3.8, 4) is 0 Å². The number of thiazole rings is 1. The monoisotopic (exact) mass is 360 g/mol. The van der Waals surface area contributed by atoms with E-state index in [4.69, 9.17) is 0 Å². The number of nitrogens with zero attached hydrogens (tertiary/aromatic N) is 3. The molecule has 8 nitrogen and oxygen atoms in total. The summed E-state index contributed by atoms with van der Waals surface area (Å²) >= 11 is 1.36. The van der Waals surface area contributed by atoms with Crippen LogP contribution in [0, 0.1) is 16.0 Å². The molecule has 0 aliphatic carbocycles. The van der Waals surface area contributed by atoms with Gasteiger partial charge in [0.25, 0.3) is 11.6 Å². The predicted octanol–water partition coefficient (Wildman–Crippen LogP) is 2.54. The number of carbonyl (C=O) groups is 2. The van der Waals surface area contributed by atoms with Crippen molar-refractivity contribution in [2.24, 2.45) is 5.92 Å². The first-order chi connectivity index (χ1) is 12.0. The number of nitro benzene ring substituents is 1. The number of hydrogen-bond acceptors (Lipinski definition) is 6. The van der Waals surface area contributed by atoms with Gasteiger partial charge in [-0.25, -0.2) is 4.98 Å². The molecule has 0 unspecified atom stereocenters. The van der Waals surface area contributed by atoms with Crippen LogP contribution in [0.3, 0.4) is 0 Å². The van der Waals surface area contributed by atoms with Gasteiger partial charge in [0, 0.05) is 48.3 Å². The molecule has 3 rings (SSSR count). The lowest BCUT2D eigenvalue weighted by Gasteiger charge is -2.31. The summed E-state index contributed by atoms with van der Waals surface area (Å²) in [5.74, 6) is -0.502. The van der Waals surface area contributed by atoms with Crippen molar-refractivity contribution in [1.29, 1.82) is 0 Å². The van der Waals surface area contributed by atoms with Crippen LogP contribution in [-0.2, 0) is 4.79 Å². The van der Waals surface area contributed by atoms with Crippen LogP contribution >= 0.6 is 11.3 Å². The number of nitro groups is 1. The van der Waals surface area contributed by atoms with E-state index in [0.29, 0.717) is 36.6 Å². The van der Waals surface area contributed by atoms with Crippen LogP contribution in [0.5, 0.6) is 0 Å². The van der Waals surface area contributed by atoms with E-state index >= 15 is 0 Å².